The van der Waals surface area contributed by atoms with E-state index in [-0.39, 0.29) is 23.1 Å². The van der Waals surface area contributed by atoms with Crippen molar-refractivity contribution in [3.8, 4) is 0 Å². The number of nitrogens with one attached hydrogen (secondary N) is 1. The molecule has 0 radical (unpaired) electrons. The predicted molar refractivity (Wildman–Crippen MR) is 113 cm³/mol. The van der Waals surface area contributed by atoms with Crippen LogP contribution in [-0.2, 0) is 16.4 Å². The number of carbonyl (C=O) groups is 1. The van der Waals surface area contributed by atoms with Crippen molar-refractivity contribution >= 4 is 26.7 Å². The van der Waals surface area contributed by atoms with Gasteiger partial charge in [-0.25, -0.2) is 8.42 Å². The van der Waals surface area contributed by atoms with Crippen LogP contribution in [0.5, 0.6) is 0 Å². The van der Waals surface area contributed by atoms with Crippen molar-refractivity contribution in [3.05, 3.63) is 89.4 Å². The molecule has 0 saturated carbocycles. The van der Waals surface area contributed by atoms with E-state index in [1.165, 1.54) is 0 Å². The van der Waals surface area contributed by atoms with E-state index < -0.39 is 9.84 Å². The molecule has 0 saturated heterocycles. The van der Waals surface area contributed by atoms with Crippen LogP contribution >= 0.6 is 0 Å². The SMILES string of the molecule is Cc1ccc(C)c(S(=O)(=O)c2ccc(CNC(=O)c3cc4ccncc4o3)cc2)c1. The lowest BCUT2D eigenvalue weighted by Crippen LogP contribution is -2.22. The zero-order valence-electron chi connectivity index (χ0n) is 16.5. The average Bonchev–Trinajstić information content (AvgIpc) is 3.18. The van der Waals surface area contributed by atoms with E-state index >= 15 is 0 Å². The van der Waals surface area contributed by atoms with Crippen LogP contribution in [0.4, 0.5) is 0 Å². The summed E-state index contributed by atoms with van der Waals surface area (Å²) in [4.78, 5) is 16.8. The highest BCUT2D eigenvalue weighted by Crippen LogP contribution is 2.25. The van der Waals surface area contributed by atoms with Crippen LogP contribution < -0.4 is 5.32 Å². The van der Waals surface area contributed by atoms with E-state index in [1.54, 1.807) is 67.8 Å². The first-order valence-corrected chi connectivity index (χ1v) is 10.9. The monoisotopic (exact) mass is 420 g/mol. The maximum atomic E-state index is 13.0. The van der Waals surface area contributed by atoms with E-state index in [1.807, 2.05) is 13.0 Å². The molecule has 0 fully saturated rings. The number of hydrogen-bond donors (Lipinski definition) is 1. The number of benzene rings is 2. The minimum Gasteiger partial charge on any atom is -0.449 e. The Morgan fingerprint density at radius 3 is 2.53 bits per heavy atom. The van der Waals surface area contributed by atoms with Gasteiger partial charge in [0.2, 0.25) is 9.84 Å². The zero-order chi connectivity index (χ0) is 21.3. The van der Waals surface area contributed by atoms with Gasteiger partial charge in [-0.2, -0.15) is 0 Å². The number of nitrogens with zero attached hydrogens (tertiary/aromatic N) is 1. The molecule has 152 valence electrons. The molecular weight excluding hydrogens is 400 g/mol. The number of aromatic nitrogens is 1. The van der Waals surface area contributed by atoms with Gasteiger partial charge in [-0.15, -0.1) is 0 Å². The largest absolute Gasteiger partial charge is 0.449 e. The van der Waals surface area contributed by atoms with Gasteiger partial charge in [0.15, 0.2) is 11.3 Å². The van der Waals surface area contributed by atoms with Gasteiger partial charge in [-0.05, 0) is 60.9 Å². The third kappa shape index (κ3) is 3.84. The fourth-order valence-electron chi connectivity index (χ4n) is 3.18. The highest BCUT2D eigenvalue weighted by molar-refractivity contribution is 7.91. The van der Waals surface area contributed by atoms with Crippen molar-refractivity contribution in [3.63, 3.8) is 0 Å². The van der Waals surface area contributed by atoms with Crippen molar-refractivity contribution in [1.82, 2.24) is 10.3 Å². The molecule has 0 bridgehead atoms. The Bertz CT molecular complexity index is 1310. The number of amides is 1. The number of hydrogen-bond acceptors (Lipinski definition) is 5. The van der Waals surface area contributed by atoms with Crippen LogP contribution in [0.2, 0.25) is 0 Å². The summed E-state index contributed by atoms with van der Waals surface area (Å²) < 4.78 is 31.4. The number of sulfone groups is 1. The maximum absolute atomic E-state index is 13.0. The molecule has 30 heavy (non-hydrogen) atoms. The molecule has 1 N–H and O–H groups in total. The molecule has 2 aromatic heterocycles. The van der Waals surface area contributed by atoms with Crippen molar-refractivity contribution < 1.29 is 17.6 Å². The standard InChI is InChI=1S/C23H20N2O4S/c1-15-3-4-16(2)22(11-15)30(27,28)19-7-5-17(6-8-19)13-25-23(26)20-12-18-9-10-24-14-21(18)29-20/h3-12,14H,13H2,1-2H3,(H,25,26). The van der Waals surface area contributed by atoms with Crippen LogP contribution in [0.3, 0.4) is 0 Å². The van der Waals surface area contributed by atoms with Gasteiger partial charge in [0, 0.05) is 18.1 Å². The molecule has 4 rings (SSSR count). The fourth-order valence-corrected chi connectivity index (χ4v) is 4.76. The first-order chi connectivity index (χ1) is 14.3. The Morgan fingerprint density at radius 1 is 1.03 bits per heavy atom. The summed E-state index contributed by atoms with van der Waals surface area (Å²) in [7, 11) is -3.61. The van der Waals surface area contributed by atoms with Crippen LogP contribution in [0.1, 0.15) is 27.2 Å². The molecule has 6 nitrogen and oxygen atoms in total. The van der Waals surface area contributed by atoms with Crippen molar-refractivity contribution in [2.24, 2.45) is 0 Å². The number of pyridine rings is 1. The molecule has 2 aromatic carbocycles. The molecule has 0 unspecified atom stereocenters. The third-order valence-corrected chi connectivity index (χ3v) is 6.78. The Kier molecular flexibility index (Phi) is 5.13. The molecular formula is C23H20N2O4S. The summed E-state index contributed by atoms with van der Waals surface area (Å²) in [6, 6.07) is 15.3. The molecule has 7 heteroatoms. The van der Waals surface area contributed by atoms with Crippen molar-refractivity contribution in [2.45, 2.75) is 30.2 Å². The summed E-state index contributed by atoms with van der Waals surface area (Å²) in [5.41, 5.74) is 2.92. The predicted octanol–water partition coefficient (Wildman–Crippen LogP) is 4.21. The third-order valence-electron chi connectivity index (χ3n) is 4.87. The molecule has 0 aliphatic carbocycles. The normalized spacial score (nSPS) is 11.5. The lowest BCUT2D eigenvalue weighted by atomic mass is 10.2. The molecule has 0 aliphatic heterocycles. The molecule has 0 atom stereocenters. The van der Waals surface area contributed by atoms with Gasteiger partial charge in [0.05, 0.1) is 16.0 Å². The smallest absolute Gasteiger partial charge is 0.287 e. The van der Waals surface area contributed by atoms with Crippen LogP contribution in [-0.4, -0.2) is 19.3 Å². The van der Waals surface area contributed by atoms with E-state index in [0.717, 1.165) is 16.5 Å². The summed E-state index contributed by atoms with van der Waals surface area (Å²) in [6.45, 7) is 3.89. The zero-order valence-corrected chi connectivity index (χ0v) is 17.4. The lowest BCUT2D eigenvalue weighted by molar-refractivity contribution is 0.0925. The number of furan rings is 1. The van der Waals surface area contributed by atoms with Crippen molar-refractivity contribution in [1.29, 1.82) is 0 Å². The fraction of sp³-hybridized carbons (Fsp3) is 0.130. The van der Waals surface area contributed by atoms with Gasteiger partial charge < -0.3 is 9.73 Å². The van der Waals surface area contributed by atoms with E-state index in [9.17, 15) is 13.2 Å². The van der Waals surface area contributed by atoms with Crippen LogP contribution in [0.15, 0.2) is 81.2 Å². The second kappa shape index (κ2) is 7.76. The second-order valence-electron chi connectivity index (χ2n) is 7.12. The van der Waals surface area contributed by atoms with Gasteiger partial charge in [-0.1, -0.05) is 24.3 Å². The van der Waals surface area contributed by atoms with E-state index in [2.05, 4.69) is 10.3 Å². The van der Waals surface area contributed by atoms with Crippen molar-refractivity contribution in [2.75, 3.05) is 0 Å². The van der Waals surface area contributed by atoms with Crippen LogP contribution in [0, 0.1) is 13.8 Å². The topological polar surface area (TPSA) is 89.3 Å². The van der Waals surface area contributed by atoms with E-state index in [0.29, 0.717) is 16.0 Å². The Labute approximate surface area is 174 Å². The molecule has 0 aliphatic rings. The van der Waals surface area contributed by atoms with E-state index in [4.69, 9.17) is 4.42 Å². The number of carbonyl (C=O) groups excluding carboxylic acids is 1. The van der Waals surface area contributed by atoms with Gasteiger partial charge in [-0.3, -0.25) is 9.78 Å². The molecule has 2 heterocycles. The van der Waals surface area contributed by atoms with Gasteiger partial charge in [0.25, 0.3) is 5.91 Å². The molecule has 1 amide bonds. The van der Waals surface area contributed by atoms with Crippen LogP contribution in [0.25, 0.3) is 11.0 Å². The molecule has 0 spiro atoms. The first kappa shape index (κ1) is 19.8. The number of rotatable bonds is 5. The second-order valence-corrected chi connectivity index (χ2v) is 9.04. The summed E-state index contributed by atoms with van der Waals surface area (Å²) in [5, 5.41) is 3.58. The van der Waals surface area contributed by atoms with Gasteiger partial charge >= 0.3 is 0 Å². The molecule has 4 aromatic rings. The summed E-state index contributed by atoms with van der Waals surface area (Å²) in [5.74, 6) is -0.148. The maximum Gasteiger partial charge on any atom is 0.287 e. The number of aryl methyl sites for hydroxylation is 2. The minimum atomic E-state index is -3.61. The minimum absolute atomic E-state index is 0.201. The first-order valence-electron chi connectivity index (χ1n) is 9.37. The highest BCUT2D eigenvalue weighted by atomic mass is 32.2. The number of fused-ring (bicyclic) bond motifs is 1. The Hall–Kier alpha value is -3.45. The summed E-state index contributed by atoms with van der Waals surface area (Å²) in [6.07, 6.45) is 3.19. The average molecular weight is 420 g/mol. The lowest BCUT2D eigenvalue weighted by Gasteiger charge is -2.10. The quantitative estimate of drug-likeness (QED) is 0.522. The Morgan fingerprint density at radius 2 is 1.80 bits per heavy atom. The highest BCUT2D eigenvalue weighted by Gasteiger charge is 2.20. The van der Waals surface area contributed by atoms with Gasteiger partial charge in [0.1, 0.15) is 0 Å². The summed E-state index contributed by atoms with van der Waals surface area (Å²) >= 11 is 0. The Balaban J connectivity index is 1.48.